The predicted octanol–water partition coefficient (Wildman–Crippen LogP) is 3.55. The van der Waals surface area contributed by atoms with Crippen molar-refractivity contribution in [3.8, 4) is 5.75 Å². The summed E-state index contributed by atoms with van der Waals surface area (Å²) in [5.74, 6) is 0.777. The summed E-state index contributed by atoms with van der Waals surface area (Å²) >= 11 is 0. The maximum atomic E-state index is 12.3. The van der Waals surface area contributed by atoms with Crippen molar-refractivity contribution in [2.75, 3.05) is 25.5 Å². The summed E-state index contributed by atoms with van der Waals surface area (Å²) in [4.78, 5) is 14.4. The monoisotopic (exact) mass is 312 g/mol. The number of nitrogens with zero attached hydrogens (tertiary/aromatic N) is 1. The van der Waals surface area contributed by atoms with Crippen molar-refractivity contribution in [1.29, 1.82) is 0 Å². The first-order valence-corrected chi connectivity index (χ1v) is 7.91. The Morgan fingerprint density at radius 1 is 1.09 bits per heavy atom. The minimum absolute atomic E-state index is 0.000419. The Bertz CT molecular complexity index is 597. The van der Waals surface area contributed by atoms with E-state index in [1.165, 1.54) is 5.56 Å². The van der Waals surface area contributed by atoms with Crippen LogP contribution in [0.2, 0.25) is 0 Å². The largest absolute Gasteiger partial charge is 0.497 e. The topological polar surface area (TPSA) is 41.6 Å². The number of methoxy groups -OCH3 is 1. The van der Waals surface area contributed by atoms with Crippen molar-refractivity contribution in [3.63, 3.8) is 0 Å². The van der Waals surface area contributed by atoms with Crippen LogP contribution in [0.3, 0.4) is 0 Å². The molecule has 0 fully saturated rings. The van der Waals surface area contributed by atoms with E-state index >= 15 is 0 Å². The lowest BCUT2D eigenvalue weighted by Gasteiger charge is -2.21. The number of carbonyl (C=O) groups is 1. The van der Waals surface area contributed by atoms with Crippen molar-refractivity contribution in [1.82, 2.24) is 4.90 Å². The average Bonchev–Trinajstić information content (AvgIpc) is 2.56. The Labute approximate surface area is 138 Å². The van der Waals surface area contributed by atoms with Crippen LogP contribution in [0.5, 0.6) is 5.75 Å². The molecular weight excluding hydrogens is 288 g/mol. The van der Waals surface area contributed by atoms with E-state index < -0.39 is 0 Å². The van der Waals surface area contributed by atoms with Gasteiger partial charge in [0.15, 0.2) is 0 Å². The zero-order valence-electron chi connectivity index (χ0n) is 13.8. The molecule has 1 N–H and O–H groups in total. The smallest absolute Gasteiger partial charge is 0.238 e. The van der Waals surface area contributed by atoms with Gasteiger partial charge >= 0.3 is 0 Å². The summed E-state index contributed by atoms with van der Waals surface area (Å²) in [6, 6.07) is 17.6. The van der Waals surface area contributed by atoms with Crippen LogP contribution in [0.4, 0.5) is 5.69 Å². The van der Waals surface area contributed by atoms with Crippen LogP contribution < -0.4 is 10.1 Å². The molecule has 4 heteroatoms. The number of anilines is 1. The van der Waals surface area contributed by atoms with E-state index in [-0.39, 0.29) is 5.91 Å². The van der Waals surface area contributed by atoms with Gasteiger partial charge in [0.1, 0.15) is 5.75 Å². The van der Waals surface area contributed by atoms with E-state index in [0.29, 0.717) is 6.54 Å². The van der Waals surface area contributed by atoms with Gasteiger partial charge in [0.05, 0.1) is 13.7 Å². The Morgan fingerprint density at radius 2 is 1.78 bits per heavy atom. The molecule has 0 aliphatic rings. The van der Waals surface area contributed by atoms with Gasteiger partial charge in [-0.15, -0.1) is 0 Å². The number of rotatable bonds is 8. The molecule has 0 saturated carbocycles. The second-order valence-electron chi connectivity index (χ2n) is 5.47. The fourth-order valence-corrected chi connectivity index (χ4v) is 2.45. The minimum Gasteiger partial charge on any atom is -0.497 e. The maximum absolute atomic E-state index is 12.3. The normalized spacial score (nSPS) is 10.6. The van der Waals surface area contributed by atoms with Gasteiger partial charge in [0.25, 0.3) is 0 Å². The van der Waals surface area contributed by atoms with E-state index in [4.69, 9.17) is 4.74 Å². The van der Waals surface area contributed by atoms with Gasteiger partial charge in [-0.1, -0.05) is 37.3 Å². The molecule has 0 aliphatic heterocycles. The van der Waals surface area contributed by atoms with Crippen LogP contribution in [0.1, 0.15) is 18.9 Å². The number of hydrogen-bond acceptors (Lipinski definition) is 3. The molecule has 2 rings (SSSR count). The lowest BCUT2D eigenvalue weighted by atomic mass is 10.2. The van der Waals surface area contributed by atoms with E-state index in [1.54, 1.807) is 7.11 Å². The van der Waals surface area contributed by atoms with E-state index in [0.717, 1.165) is 30.9 Å². The molecule has 0 spiro atoms. The fourth-order valence-electron chi connectivity index (χ4n) is 2.45. The zero-order chi connectivity index (χ0) is 16.5. The van der Waals surface area contributed by atoms with Gasteiger partial charge in [0, 0.05) is 12.2 Å². The molecule has 0 saturated heterocycles. The second-order valence-corrected chi connectivity index (χ2v) is 5.47. The van der Waals surface area contributed by atoms with Gasteiger partial charge in [0.2, 0.25) is 5.91 Å². The summed E-state index contributed by atoms with van der Waals surface area (Å²) in [6.07, 6.45) is 1.02. The average molecular weight is 312 g/mol. The summed E-state index contributed by atoms with van der Waals surface area (Å²) < 4.78 is 5.12. The van der Waals surface area contributed by atoms with Crippen molar-refractivity contribution >= 4 is 11.6 Å². The van der Waals surface area contributed by atoms with Gasteiger partial charge in [-0.05, 0) is 42.8 Å². The van der Waals surface area contributed by atoms with Gasteiger partial charge in [-0.25, -0.2) is 0 Å². The second kappa shape index (κ2) is 8.96. The lowest BCUT2D eigenvalue weighted by Crippen LogP contribution is -2.33. The Balaban J connectivity index is 1.91. The molecule has 0 aliphatic carbocycles. The first kappa shape index (κ1) is 17.0. The van der Waals surface area contributed by atoms with Gasteiger partial charge < -0.3 is 10.1 Å². The van der Waals surface area contributed by atoms with Crippen molar-refractivity contribution in [3.05, 3.63) is 60.2 Å². The standard InChI is InChI=1S/C19H24N2O2/c1-3-13-21(14-16-7-5-4-6-8-16)15-19(22)20-17-9-11-18(23-2)12-10-17/h4-12H,3,13-15H2,1-2H3,(H,20,22). The quantitative estimate of drug-likeness (QED) is 0.810. The number of benzene rings is 2. The number of ether oxygens (including phenoxy) is 1. The van der Waals surface area contributed by atoms with Crippen LogP contribution in [-0.2, 0) is 11.3 Å². The highest BCUT2D eigenvalue weighted by Crippen LogP contribution is 2.15. The molecular formula is C19H24N2O2. The Kier molecular flexibility index (Phi) is 6.63. The third-order valence-electron chi connectivity index (χ3n) is 3.53. The third kappa shape index (κ3) is 5.75. The molecule has 2 aromatic carbocycles. The van der Waals surface area contributed by atoms with Crippen LogP contribution in [0.25, 0.3) is 0 Å². The highest BCUT2D eigenvalue weighted by molar-refractivity contribution is 5.92. The Hall–Kier alpha value is -2.33. The molecule has 0 radical (unpaired) electrons. The lowest BCUT2D eigenvalue weighted by molar-refractivity contribution is -0.117. The molecule has 1 amide bonds. The summed E-state index contributed by atoms with van der Waals surface area (Å²) in [6.45, 7) is 4.18. The first-order chi connectivity index (χ1) is 11.2. The first-order valence-electron chi connectivity index (χ1n) is 7.91. The molecule has 0 heterocycles. The van der Waals surface area contributed by atoms with Crippen LogP contribution in [0.15, 0.2) is 54.6 Å². The third-order valence-corrected chi connectivity index (χ3v) is 3.53. The molecule has 0 bridgehead atoms. The predicted molar refractivity (Wildman–Crippen MR) is 93.6 cm³/mol. The number of carbonyl (C=O) groups excluding carboxylic acids is 1. The molecule has 0 aromatic heterocycles. The van der Waals surface area contributed by atoms with Gasteiger partial charge in [-0.2, -0.15) is 0 Å². The van der Waals surface area contributed by atoms with Crippen LogP contribution >= 0.6 is 0 Å². The van der Waals surface area contributed by atoms with Crippen LogP contribution in [0, 0.1) is 0 Å². The summed E-state index contributed by atoms with van der Waals surface area (Å²) in [7, 11) is 1.62. The minimum atomic E-state index is -0.000419. The van der Waals surface area contributed by atoms with Crippen molar-refractivity contribution in [2.24, 2.45) is 0 Å². The van der Waals surface area contributed by atoms with Crippen molar-refractivity contribution < 1.29 is 9.53 Å². The highest BCUT2D eigenvalue weighted by atomic mass is 16.5. The molecule has 23 heavy (non-hydrogen) atoms. The fraction of sp³-hybridized carbons (Fsp3) is 0.316. The number of nitrogens with one attached hydrogen (secondary N) is 1. The van der Waals surface area contributed by atoms with E-state index in [2.05, 4.69) is 29.3 Å². The number of amides is 1. The van der Waals surface area contributed by atoms with Gasteiger partial charge in [-0.3, -0.25) is 9.69 Å². The maximum Gasteiger partial charge on any atom is 0.238 e. The SMILES string of the molecule is CCCN(CC(=O)Nc1ccc(OC)cc1)Cc1ccccc1. The summed E-state index contributed by atoms with van der Waals surface area (Å²) in [5, 5.41) is 2.93. The Morgan fingerprint density at radius 3 is 2.39 bits per heavy atom. The molecule has 122 valence electrons. The summed E-state index contributed by atoms with van der Waals surface area (Å²) in [5.41, 5.74) is 2.00. The van der Waals surface area contributed by atoms with E-state index in [1.807, 2.05) is 42.5 Å². The molecule has 0 unspecified atom stereocenters. The molecule has 2 aromatic rings. The highest BCUT2D eigenvalue weighted by Gasteiger charge is 2.11. The van der Waals surface area contributed by atoms with Crippen LogP contribution in [-0.4, -0.2) is 31.0 Å². The zero-order valence-corrected chi connectivity index (χ0v) is 13.8. The number of hydrogen-bond donors (Lipinski definition) is 1. The van der Waals surface area contributed by atoms with E-state index in [9.17, 15) is 4.79 Å². The molecule has 0 atom stereocenters. The van der Waals surface area contributed by atoms with Crippen molar-refractivity contribution in [2.45, 2.75) is 19.9 Å². The molecule has 4 nitrogen and oxygen atoms in total.